The van der Waals surface area contributed by atoms with E-state index in [2.05, 4.69) is 33.8 Å². The van der Waals surface area contributed by atoms with Crippen molar-refractivity contribution in [1.82, 2.24) is 14.7 Å². The Morgan fingerprint density at radius 2 is 1.77 bits per heavy atom. The highest BCUT2D eigenvalue weighted by Crippen LogP contribution is 2.33. The standard InChI is InChI=1S/C25H30ClN3O2/c1-25(2,3)31-23(30)17-28-14-12-19(13-15-28)24-21-6-4-5-7-22(21)29(27-24)16-18-8-10-20(26)11-9-18/h4-11,19H,12-17H2,1-3H3. The summed E-state index contributed by atoms with van der Waals surface area (Å²) in [7, 11) is 0. The summed E-state index contributed by atoms with van der Waals surface area (Å²) >= 11 is 6.03. The molecular weight excluding hydrogens is 410 g/mol. The second-order valence-electron chi connectivity index (χ2n) is 9.32. The molecule has 1 aliphatic heterocycles. The Kier molecular flexibility index (Phi) is 6.35. The van der Waals surface area contributed by atoms with Crippen LogP contribution >= 0.6 is 11.6 Å². The number of para-hydroxylation sites is 1. The Morgan fingerprint density at radius 1 is 1.10 bits per heavy atom. The van der Waals surface area contributed by atoms with Gasteiger partial charge in [0.15, 0.2) is 0 Å². The molecular formula is C25H30ClN3O2. The van der Waals surface area contributed by atoms with Crippen LogP contribution in [0.4, 0.5) is 0 Å². The molecule has 1 aromatic heterocycles. The monoisotopic (exact) mass is 439 g/mol. The van der Waals surface area contributed by atoms with Gasteiger partial charge in [0.1, 0.15) is 5.60 Å². The van der Waals surface area contributed by atoms with Crippen molar-refractivity contribution in [2.24, 2.45) is 0 Å². The molecule has 0 N–H and O–H groups in total. The average Bonchev–Trinajstić information content (AvgIpc) is 3.07. The minimum atomic E-state index is -0.439. The van der Waals surface area contributed by atoms with E-state index in [4.69, 9.17) is 21.4 Å². The van der Waals surface area contributed by atoms with Crippen molar-refractivity contribution in [3.05, 3.63) is 64.8 Å². The first-order valence-corrected chi connectivity index (χ1v) is 11.3. The number of carbonyl (C=O) groups is 1. The predicted octanol–water partition coefficient (Wildman–Crippen LogP) is 5.26. The summed E-state index contributed by atoms with van der Waals surface area (Å²) in [6.45, 7) is 8.54. The zero-order valence-corrected chi connectivity index (χ0v) is 19.2. The summed E-state index contributed by atoms with van der Waals surface area (Å²) in [6.07, 6.45) is 1.98. The molecule has 1 fully saturated rings. The van der Waals surface area contributed by atoms with Gasteiger partial charge in [-0.25, -0.2) is 0 Å². The van der Waals surface area contributed by atoms with E-state index in [0.29, 0.717) is 12.5 Å². The second kappa shape index (κ2) is 9.01. The number of rotatable bonds is 5. The number of ether oxygens (including phenoxy) is 1. The van der Waals surface area contributed by atoms with Gasteiger partial charge < -0.3 is 4.74 Å². The number of hydrogen-bond donors (Lipinski definition) is 0. The lowest BCUT2D eigenvalue weighted by Crippen LogP contribution is -2.39. The molecule has 0 unspecified atom stereocenters. The Labute approximate surface area is 188 Å². The number of nitrogens with zero attached hydrogens (tertiary/aromatic N) is 3. The van der Waals surface area contributed by atoms with Crippen molar-refractivity contribution >= 4 is 28.5 Å². The number of fused-ring (bicyclic) bond motifs is 1. The van der Waals surface area contributed by atoms with Gasteiger partial charge in [0.25, 0.3) is 0 Å². The number of halogens is 1. The van der Waals surface area contributed by atoms with Crippen molar-refractivity contribution in [3.63, 3.8) is 0 Å². The fraction of sp³-hybridized carbons (Fsp3) is 0.440. The molecule has 3 aromatic rings. The van der Waals surface area contributed by atoms with Crippen LogP contribution in [0, 0.1) is 0 Å². The lowest BCUT2D eigenvalue weighted by atomic mass is 9.91. The highest BCUT2D eigenvalue weighted by molar-refractivity contribution is 6.30. The molecule has 1 aliphatic rings. The van der Waals surface area contributed by atoms with Crippen LogP contribution in [-0.4, -0.2) is 45.9 Å². The number of hydrogen-bond acceptors (Lipinski definition) is 4. The molecule has 0 atom stereocenters. The minimum Gasteiger partial charge on any atom is -0.459 e. The van der Waals surface area contributed by atoms with Crippen LogP contribution in [0.5, 0.6) is 0 Å². The molecule has 0 aliphatic carbocycles. The zero-order chi connectivity index (χ0) is 22.0. The topological polar surface area (TPSA) is 47.4 Å². The van der Waals surface area contributed by atoms with Crippen LogP contribution in [0.1, 0.15) is 50.8 Å². The largest absolute Gasteiger partial charge is 0.459 e. The Hall–Kier alpha value is -2.37. The van der Waals surface area contributed by atoms with Gasteiger partial charge in [0.05, 0.1) is 24.3 Å². The third-order valence-corrected chi connectivity index (χ3v) is 5.93. The number of aromatic nitrogens is 2. The number of esters is 1. The molecule has 0 saturated carbocycles. The second-order valence-corrected chi connectivity index (χ2v) is 9.76. The number of piperidine rings is 1. The first-order chi connectivity index (χ1) is 14.8. The molecule has 6 heteroatoms. The molecule has 164 valence electrons. The zero-order valence-electron chi connectivity index (χ0n) is 18.5. The number of carbonyl (C=O) groups excluding carboxylic acids is 1. The van der Waals surface area contributed by atoms with Crippen LogP contribution < -0.4 is 0 Å². The smallest absolute Gasteiger partial charge is 0.320 e. The SMILES string of the molecule is CC(C)(C)OC(=O)CN1CCC(c2nn(Cc3ccc(Cl)cc3)c3ccccc23)CC1. The lowest BCUT2D eigenvalue weighted by molar-refractivity contribution is -0.156. The number of likely N-dealkylation sites (tertiary alicyclic amines) is 1. The molecule has 0 bridgehead atoms. The van der Waals surface area contributed by atoms with E-state index in [-0.39, 0.29) is 5.97 Å². The van der Waals surface area contributed by atoms with Gasteiger partial charge in [0, 0.05) is 16.3 Å². The Balaban J connectivity index is 1.47. The molecule has 4 rings (SSSR count). The predicted molar refractivity (Wildman–Crippen MR) is 125 cm³/mol. The van der Waals surface area contributed by atoms with E-state index in [1.54, 1.807) is 0 Å². The van der Waals surface area contributed by atoms with Crippen LogP contribution in [-0.2, 0) is 16.1 Å². The molecule has 0 amide bonds. The summed E-state index contributed by atoms with van der Waals surface area (Å²) in [5.74, 6) is 0.245. The Bertz CT molecular complexity index is 1040. The van der Waals surface area contributed by atoms with E-state index in [1.165, 1.54) is 16.6 Å². The van der Waals surface area contributed by atoms with E-state index in [0.717, 1.165) is 43.0 Å². The van der Waals surface area contributed by atoms with Crippen molar-refractivity contribution in [2.45, 2.75) is 51.7 Å². The first-order valence-electron chi connectivity index (χ1n) is 10.9. The van der Waals surface area contributed by atoms with Gasteiger partial charge >= 0.3 is 5.97 Å². The third-order valence-electron chi connectivity index (χ3n) is 5.68. The molecule has 1 saturated heterocycles. The average molecular weight is 440 g/mol. The number of benzene rings is 2. The summed E-state index contributed by atoms with van der Waals surface area (Å²) in [5, 5.41) is 7.01. The first kappa shape index (κ1) is 21.8. The van der Waals surface area contributed by atoms with Crippen LogP contribution in [0.15, 0.2) is 48.5 Å². The van der Waals surface area contributed by atoms with Gasteiger partial charge in [-0.2, -0.15) is 5.10 Å². The van der Waals surface area contributed by atoms with Gasteiger partial charge in [0.2, 0.25) is 0 Å². The van der Waals surface area contributed by atoms with E-state index < -0.39 is 5.60 Å². The molecule has 0 spiro atoms. The molecule has 2 aromatic carbocycles. The molecule has 31 heavy (non-hydrogen) atoms. The maximum Gasteiger partial charge on any atom is 0.320 e. The Morgan fingerprint density at radius 3 is 2.45 bits per heavy atom. The quantitative estimate of drug-likeness (QED) is 0.509. The third kappa shape index (κ3) is 5.46. The van der Waals surface area contributed by atoms with E-state index >= 15 is 0 Å². The van der Waals surface area contributed by atoms with Crippen molar-refractivity contribution in [1.29, 1.82) is 0 Å². The van der Waals surface area contributed by atoms with Gasteiger partial charge in [-0.3, -0.25) is 14.4 Å². The van der Waals surface area contributed by atoms with Crippen molar-refractivity contribution in [3.8, 4) is 0 Å². The summed E-state index contributed by atoms with van der Waals surface area (Å²) in [4.78, 5) is 14.4. The summed E-state index contributed by atoms with van der Waals surface area (Å²) < 4.78 is 7.57. The fourth-order valence-corrected chi connectivity index (χ4v) is 4.38. The fourth-order valence-electron chi connectivity index (χ4n) is 4.26. The van der Waals surface area contributed by atoms with E-state index in [9.17, 15) is 4.79 Å². The van der Waals surface area contributed by atoms with Crippen LogP contribution in [0.3, 0.4) is 0 Å². The maximum absolute atomic E-state index is 12.2. The van der Waals surface area contributed by atoms with Gasteiger partial charge in [-0.05, 0) is 70.5 Å². The summed E-state index contributed by atoms with van der Waals surface area (Å²) in [6, 6.07) is 16.4. The normalized spacial score (nSPS) is 16.0. The van der Waals surface area contributed by atoms with Gasteiger partial charge in [-0.15, -0.1) is 0 Å². The van der Waals surface area contributed by atoms with Crippen molar-refractivity contribution < 1.29 is 9.53 Å². The van der Waals surface area contributed by atoms with Crippen molar-refractivity contribution in [2.75, 3.05) is 19.6 Å². The van der Waals surface area contributed by atoms with Crippen LogP contribution in [0.25, 0.3) is 10.9 Å². The molecule has 2 heterocycles. The van der Waals surface area contributed by atoms with Crippen LogP contribution in [0.2, 0.25) is 5.02 Å². The summed E-state index contributed by atoms with van der Waals surface area (Å²) in [5.41, 5.74) is 3.06. The molecule has 5 nitrogen and oxygen atoms in total. The van der Waals surface area contributed by atoms with Gasteiger partial charge in [-0.1, -0.05) is 41.9 Å². The van der Waals surface area contributed by atoms with E-state index in [1.807, 2.05) is 45.0 Å². The lowest BCUT2D eigenvalue weighted by Gasteiger charge is -2.31. The molecule has 0 radical (unpaired) electrons. The highest BCUT2D eigenvalue weighted by Gasteiger charge is 2.27. The maximum atomic E-state index is 12.2. The minimum absolute atomic E-state index is 0.149. The highest BCUT2D eigenvalue weighted by atomic mass is 35.5.